The van der Waals surface area contributed by atoms with E-state index < -0.39 is 28.0 Å². The minimum Gasteiger partial charge on any atom is -0.449 e. The SMILES string of the molecule is CC(=O)Nc1ccc(NC(=O)C(C)OC(=O)c2ccc(S(=O)(=O)N(C)C)cc2)cc1. The third-order valence-corrected chi connectivity index (χ3v) is 5.82. The molecule has 0 spiro atoms. The van der Waals surface area contributed by atoms with E-state index in [2.05, 4.69) is 10.6 Å². The van der Waals surface area contributed by atoms with Crippen molar-refractivity contribution >= 4 is 39.2 Å². The van der Waals surface area contributed by atoms with E-state index in [4.69, 9.17) is 4.74 Å². The van der Waals surface area contributed by atoms with E-state index in [1.807, 2.05) is 0 Å². The summed E-state index contributed by atoms with van der Waals surface area (Å²) in [5, 5.41) is 5.22. The topological polar surface area (TPSA) is 122 Å². The van der Waals surface area contributed by atoms with Crippen molar-refractivity contribution < 1.29 is 27.5 Å². The molecule has 0 aliphatic heterocycles. The van der Waals surface area contributed by atoms with Gasteiger partial charge in [0, 0.05) is 32.4 Å². The molecule has 0 fully saturated rings. The van der Waals surface area contributed by atoms with Crippen molar-refractivity contribution in [1.29, 1.82) is 0 Å². The number of anilines is 2. The van der Waals surface area contributed by atoms with Gasteiger partial charge in [0.05, 0.1) is 10.5 Å². The summed E-state index contributed by atoms with van der Waals surface area (Å²) in [6.45, 7) is 2.81. The highest BCUT2D eigenvalue weighted by molar-refractivity contribution is 7.89. The highest BCUT2D eigenvalue weighted by Crippen LogP contribution is 2.16. The average molecular weight is 433 g/mol. The monoisotopic (exact) mass is 433 g/mol. The van der Waals surface area contributed by atoms with Crippen LogP contribution in [-0.2, 0) is 24.3 Å². The van der Waals surface area contributed by atoms with E-state index in [1.54, 1.807) is 24.3 Å². The van der Waals surface area contributed by atoms with Crippen LogP contribution < -0.4 is 10.6 Å². The first-order chi connectivity index (χ1) is 14.0. The fourth-order valence-corrected chi connectivity index (χ4v) is 3.24. The normalized spacial score (nSPS) is 12.2. The van der Waals surface area contributed by atoms with E-state index in [0.717, 1.165) is 4.31 Å². The van der Waals surface area contributed by atoms with Gasteiger partial charge in [0.15, 0.2) is 6.10 Å². The maximum atomic E-state index is 12.3. The number of amides is 2. The molecule has 2 rings (SSSR count). The zero-order valence-corrected chi connectivity index (χ0v) is 17.8. The second kappa shape index (κ2) is 9.51. The van der Waals surface area contributed by atoms with Crippen molar-refractivity contribution in [2.24, 2.45) is 0 Å². The molecule has 9 nitrogen and oxygen atoms in total. The van der Waals surface area contributed by atoms with Crippen LogP contribution in [0.25, 0.3) is 0 Å². The molecule has 0 heterocycles. The Morgan fingerprint density at radius 3 is 1.87 bits per heavy atom. The van der Waals surface area contributed by atoms with Gasteiger partial charge >= 0.3 is 5.97 Å². The molecule has 1 unspecified atom stereocenters. The summed E-state index contributed by atoms with van der Waals surface area (Å²) < 4.78 is 30.3. The van der Waals surface area contributed by atoms with Gasteiger partial charge in [0.1, 0.15) is 0 Å². The second-order valence-electron chi connectivity index (χ2n) is 6.61. The molecule has 10 heteroatoms. The van der Waals surface area contributed by atoms with E-state index in [9.17, 15) is 22.8 Å². The van der Waals surface area contributed by atoms with Crippen molar-refractivity contribution in [2.75, 3.05) is 24.7 Å². The minimum absolute atomic E-state index is 0.0394. The molecule has 0 bridgehead atoms. The highest BCUT2D eigenvalue weighted by Gasteiger charge is 2.21. The van der Waals surface area contributed by atoms with Crippen LogP contribution in [0, 0.1) is 0 Å². The van der Waals surface area contributed by atoms with E-state index in [1.165, 1.54) is 52.2 Å². The van der Waals surface area contributed by atoms with Crippen LogP contribution in [0.3, 0.4) is 0 Å². The molecule has 0 saturated carbocycles. The first kappa shape index (κ1) is 23.0. The lowest BCUT2D eigenvalue weighted by atomic mass is 10.2. The third-order valence-electron chi connectivity index (χ3n) is 3.99. The van der Waals surface area contributed by atoms with Crippen molar-refractivity contribution in [3.8, 4) is 0 Å². The van der Waals surface area contributed by atoms with Gasteiger partial charge in [-0.1, -0.05) is 0 Å². The molecule has 2 aromatic rings. The second-order valence-corrected chi connectivity index (χ2v) is 8.76. The number of nitrogens with zero attached hydrogens (tertiary/aromatic N) is 1. The number of esters is 1. The van der Waals surface area contributed by atoms with E-state index >= 15 is 0 Å². The number of ether oxygens (including phenoxy) is 1. The van der Waals surface area contributed by atoms with Crippen LogP contribution >= 0.6 is 0 Å². The summed E-state index contributed by atoms with van der Waals surface area (Å²) in [4.78, 5) is 35.6. The Labute approximate surface area is 175 Å². The number of hydrogen-bond donors (Lipinski definition) is 2. The summed E-state index contributed by atoms with van der Waals surface area (Å²) in [6.07, 6.45) is -1.09. The Balaban J connectivity index is 1.98. The lowest BCUT2D eigenvalue weighted by Gasteiger charge is -2.14. The molecule has 2 amide bonds. The van der Waals surface area contributed by atoms with Crippen LogP contribution in [0.5, 0.6) is 0 Å². The zero-order valence-electron chi connectivity index (χ0n) is 17.0. The number of carbonyl (C=O) groups is 3. The molecular weight excluding hydrogens is 410 g/mol. The molecule has 30 heavy (non-hydrogen) atoms. The van der Waals surface area contributed by atoms with Crippen molar-refractivity contribution in [1.82, 2.24) is 4.31 Å². The first-order valence-corrected chi connectivity index (χ1v) is 10.4. The van der Waals surface area contributed by atoms with Crippen LogP contribution in [0.2, 0.25) is 0 Å². The van der Waals surface area contributed by atoms with E-state index in [-0.39, 0.29) is 16.4 Å². The predicted octanol–water partition coefficient (Wildman–Crippen LogP) is 2.08. The Hall–Kier alpha value is -3.24. The molecule has 0 saturated heterocycles. The van der Waals surface area contributed by atoms with E-state index in [0.29, 0.717) is 11.4 Å². The number of nitrogens with one attached hydrogen (secondary N) is 2. The van der Waals surface area contributed by atoms with Gasteiger partial charge in [0.25, 0.3) is 5.91 Å². The quantitative estimate of drug-likeness (QED) is 0.645. The molecule has 0 radical (unpaired) electrons. The summed E-state index contributed by atoms with van der Waals surface area (Å²) in [5.74, 6) is -1.51. The zero-order chi connectivity index (χ0) is 22.5. The number of rotatable bonds is 7. The summed E-state index contributed by atoms with van der Waals surface area (Å²) in [5.41, 5.74) is 1.17. The number of carbonyl (C=O) groups excluding carboxylic acids is 3. The molecule has 1 atom stereocenters. The molecule has 0 aliphatic carbocycles. The van der Waals surface area contributed by atoms with Gasteiger partial charge in [-0.3, -0.25) is 9.59 Å². The minimum atomic E-state index is -3.61. The van der Waals surface area contributed by atoms with Crippen LogP contribution in [0.4, 0.5) is 11.4 Å². The van der Waals surface area contributed by atoms with Gasteiger partial charge in [-0.2, -0.15) is 0 Å². The summed E-state index contributed by atoms with van der Waals surface area (Å²) in [6, 6.07) is 11.7. The molecule has 160 valence electrons. The van der Waals surface area contributed by atoms with Crippen LogP contribution in [-0.4, -0.2) is 50.7 Å². The third kappa shape index (κ3) is 5.88. The van der Waals surface area contributed by atoms with Gasteiger partial charge in [-0.05, 0) is 55.5 Å². The van der Waals surface area contributed by atoms with Gasteiger partial charge in [-0.25, -0.2) is 17.5 Å². The van der Waals surface area contributed by atoms with Gasteiger partial charge in [-0.15, -0.1) is 0 Å². The summed E-state index contributed by atoms with van der Waals surface area (Å²) >= 11 is 0. The highest BCUT2D eigenvalue weighted by atomic mass is 32.2. The predicted molar refractivity (Wildman–Crippen MR) is 112 cm³/mol. The lowest BCUT2D eigenvalue weighted by molar-refractivity contribution is -0.123. The number of hydrogen-bond acceptors (Lipinski definition) is 6. The maximum Gasteiger partial charge on any atom is 0.338 e. The molecule has 0 aromatic heterocycles. The van der Waals surface area contributed by atoms with Crippen LogP contribution in [0.15, 0.2) is 53.4 Å². The fraction of sp³-hybridized carbons (Fsp3) is 0.250. The number of sulfonamides is 1. The first-order valence-electron chi connectivity index (χ1n) is 8.93. The van der Waals surface area contributed by atoms with Gasteiger partial charge in [0.2, 0.25) is 15.9 Å². The summed E-state index contributed by atoms with van der Waals surface area (Å²) in [7, 11) is -0.791. The van der Waals surface area contributed by atoms with Crippen molar-refractivity contribution in [3.63, 3.8) is 0 Å². The Morgan fingerprint density at radius 1 is 0.900 bits per heavy atom. The lowest BCUT2D eigenvalue weighted by Crippen LogP contribution is -2.30. The molecule has 2 N–H and O–H groups in total. The Bertz CT molecular complexity index is 1030. The molecule has 0 aliphatic rings. The van der Waals surface area contributed by atoms with Crippen molar-refractivity contribution in [2.45, 2.75) is 24.8 Å². The van der Waals surface area contributed by atoms with Crippen molar-refractivity contribution in [3.05, 3.63) is 54.1 Å². The van der Waals surface area contributed by atoms with Gasteiger partial charge < -0.3 is 15.4 Å². The van der Waals surface area contributed by atoms with Crippen LogP contribution in [0.1, 0.15) is 24.2 Å². The Morgan fingerprint density at radius 2 is 1.40 bits per heavy atom. The largest absolute Gasteiger partial charge is 0.449 e. The Kier molecular flexibility index (Phi) is 7.30. The standard InChI is InChI=1S/C20H23N3O6S/c1-13(19(25)22-17-9-7-16(8-10-17)21-14(2)24)29-20(26)15-5-11-18(12-6-15)30(27,28)23(3)4/h5-13H,1-4H3,(H,21,24)(H,22,25). The molecule has 2 aromatic carbocycles. The average Bonchev–Trinajstić information content (AvgIpc) is 2.68. The fourth-order valence-electron chi connectivity index (χ4n) is 2.34. The maximum absolute atomic E-state index is 12.3. The molecular formula is C20H23N3O6S. The number of benzene rings is 2. The smallest absolute Gasteiger partial charge is 0.338 e.